The van der Waals surface area contributed by atoms with Crippen LogP contribution in [0.15, 0.2) is 18.2 Å². The molecule has 0 atom stereocenters. The number of carboxylic acid groups (broad SMARTS) is 1. The van der Waals surface area contributed by atoms with Gasteiger partial charge in [0.2, 0.25) is 0 Å². The van der Waals surface area contributed by atoms with Crippen LogP contribution in [0, 0.1) is 12.8 Å². The molecule has 1 aromatic rings. The van der Waals surface area contributed by atoms with Crippen LogP contribution < -0.4 is 0 Å². The maximum Gasteiger partial charge on any atom is 0.335 e. The van der Waals surface area contributed by atoms with E-state index in [-0.39, 0.29) is 17.6 Å². The number of carbonyl (C=O) groups is 2. The van der Waals surface area contributed by atoms with Gasteiger partial charge in [-0.15, -0.1) is 0 Å². The van der Waals surface area contributed by atoms with E-state index >= 15 is 0 Å². The van der Waals surface area contributed by atoms with Gasteiger partial charge in [0.1, 0.15) is 0 Å². The Bertz CT molecular complexity index is 656. The molecule has 0 bridgehead atoms. The molecule has 1 saturated carbocycles. The van der Waals surface area contributed by atoms with E-state index < -0.39 is 5.97 Å². The topological polar surface area (TPSA) is 66.8 Å². The van der Waals surface area contributed by atoms with Crippen LogP contribution >= 0.6 is 0 Å². The average Bonchev–Trinajstić information content (AvgIpc) is 2.63. The number of benzene rings is 1. The molecule has 1 aliphatic carbocycles. The monoisotopic (exact) mass is 359 g/mol. The van der Waals surface area contributed by atoms with Crippen molar-refractivity contribution in [3.05, 3.63) is 34.9 Å². The average molecular weight is 359 g/mol. The minimum absolute atomic E-state index is 0.0823. The first-order valence-electron chi connectivity index (χ1n) is 9.72. The molecular weight excluding hydrogens is 330 g/mol. The molecule has 2 aliphatic rings. The number of amides is 1. The fourth-order valence-corrected chi connectivity index (χ4v) is 4.05. The molecule has 1 N–H and O–H groups in total. The summed E-state index contributed by atoms with van der Waals surface area (Å²) in [5.41, 5.74) is 1.42. The van der Waals surface area contributed by atoms with Crippen LogP contribution in [0.1, 0.15) is 71.7 Å². The number of carboxylic acids is 1. The largest absolute Gasteiger partial charge is 0.478 e. The Balaban J connectivity index is 1.54. The van der Waals surface area contributed by atoms with E-state index in [2.05, 4.69) is 6.92 Å². The van der Waals surface area contributed by atoms with E-state index in [4.69, 9.17) is 4.74 Å². The Morgan fingerprint density at radius 3 is 2.15 bits per heavy atom. The fourth-order valence-electron chi connectivity index (χ4n) is 4.05. The van der Waals surface area contributed by atoms with E-state index in [0.29, 0.717) is 24.8 Å². The van der Waals surface area contributed by atoms with Crippen LogP contribution in [0.5, 0.6) is 0 Å². The summed E-state index contributed by atoms with van der Waals surface area (Å²) in [5, 5.41) is 9.19. The van der Waals surface area contributed by atoms with Gasteiger partial charge in [-0.05, 0) is 75.1 Å². The zero-order valence-corrected chi connectivity index (χ0v) is 15.7. The summed E-state index contributed by atoms with van der Waals surface area (Å²) in [7, 11) is 0. The van der Waals surface area contributed by atoms with E-state index in [1.54, 1.807) is 12.1 Å². The maximum atomic E-state index is 12.8. The van der Waals surface area contributed by atoms with E-state index in [0.717, 1.165) is 37.2 Å². The molecule has 3 rings (SSSR count). The second-order valence-electron chi connectivity index (χ2n) is 7.90. The molecule has 1 amide bonds. The Labute approximate surface area is 155 Å². The molecular formula is C21H29NO4. The molecule has 142 valence electrons. The summed E-state index contributed by atoms with van der Waals surface area (Å²) < 4.78 is 6.27. The third-order valence-corrected chi connectivity index (χ3v) is 5.65. The number of carbonyl (C=O) groups excluding carboxylic acids is 1. The number of hydrogen-bond acceptors (Lipinski definition) is 3. The smallest absolute Gasteiger partial charge is 0.335 e. The SMILES string of the molecule is Cc1cc(C(=O)O)cc(C(=O)N2CCC(OC3CCC(C)CC3)CC2)c1. The van der Waals surface area contributed by atoms with Crippen molar-refractivity contribution >= 4 is 11.9 Å². The zero-order valence-electron chi connectivity index (χ0n) is 15.7. The number of rotatable bonds is 4. The molecule has 26 heavy (non-hydrogen) atoms. The lowest BCUT2D eigenvalue weighted by atomic mass is 9.88. The van der Waals surface area contributed by atoms with Crippen molar-refractivity contribution < 1.29 is 19.4 Å². The Morgan fingerprint density at radius 1 is 0.962 bits per heavy atom. The highest BCUT2D eigenvalue weighted by molar-refractivity contribution is 5.97. The summed E-state index contributed by atoms with van der Waals surface area (Å²) in [4.78, 5) is 25.8. The maximum absolute atomic E-state index is 12.8. The second kappa shape index (κ2) is 8.21. The molecule has 0 unspecified atom stereocenters. The van der Waals surface area contributed by atoms with Crippen molar-refractivity contribution in [2.24, 2.45) is 5.92 Å². The lowest BCUT2D eigenvalue weighted by Gasteiger charge is -2.35. The van der Waals surface area contributed by atoms with Crippen LogP contribution in [-0.2, 0) is 4.74 Å². The zero-order chi connectivity index (χ0) is 18.7. The van der Waals surface area contributed by atoms with Gasteiger partial charge in [-0.25, -0.2) is 4.79 Å². The number of aromatic carboxylic acids is 1. The van der Waals surface area contributed by atoms with E-state index in [9.17, 15) is 14.7 Å². The normalized spacial score (nSPS) is 24.5. The van der Waals surface area contributed by atoms with Crippen LogP contribution in [0.3, 0.4) is 0 Å². The number of aryl methyl sites for hydroxylation is 1. The third-order valence-electron chi connectivity index (χ3n) is 5.65. The van der Waals surface area contributed by atoms with Gasteiger partial charge in [0.05, 0.1) is 17.8 Å². The van der Waals surface area contributed by atoms with Crippen LogP contribution in [0.2, 0.25) is 0 Å². The Kier molecular flexibility index (Phi) is 5.97. The van der Waals surface area contributed by atoms with Crippen LogP contribution in [0.4, 0.5) is 0 Å². The van der Waals surface area contributed by atoms with Gasteiger partial charge < -0.3 is 14.7 Å². The summed E-state index contributed by atoms with van der Waals surface area (Å²) in [6, 6.07) is 4.83. The molecule has 5 nitrogen and oxygen atoms in total. The molecule has 1 heterocycles. The highest BCUT2D eigenvalue weighted by Crippen LogP contribution is 2.28. The Morgan fingerprint density at radius 2 is 1.54 bits per heavy atom. The molecule has 0 aromatic heterocycles. The van der Waals surface area contributed by atoms with Crippen LogP contribution in [-0.4, -0.2) is 47.2 Å². The Hall–Kier alpha value is -1.88. The standard InChI is InChI=1S/C21H29NO4/c1-14-3-5-18(6-4-14)26-19-7-9-22(10-8-19)20(23)16-11-15(2)12-17(13-16)21(24)25/h11-14,18-19H,3-10H2,1-2H3,(H,24,25). The van der Waals surface area contributed by atoms with E-state index in [1.165, 1.54) is 18.9 Å². The van der Waals surface area contributed by atoms with Gasteiger partial charge >= 0.3 is 5.97 Å². The third kappa shape index (κ3) is 4.64. The quantitative estimate of drug-likeness (QED) is 0.885. The summed E-state index contributed by atoms with van der Waals surface area (Å²) in [5.74, 6) is -0.267. The first-order chi connectivity index (χ1) is 12.4. The van der Waals surface area contributed by atoms with Crippen molar-refractivity contribution in [2.75, 3.05) is 13.1 Å². The number of nitrogens with zero attached hydrogens (tertiary/aromatic N) is 1. The highest BCUT2D eigenvalue weighted by atomic mass is 16.5. The first kappa shape index (κ1) is 18.9. The molecule has 1 saturated heterocycles. The minimum atomic E-state index is -1.00. The van der Waals surface area contributed by atoms with Gasteiger partial charge in [-0.1, -0.05) is 6.92 Å². The molecule has 1 aliphatic heterocycles. The van der Waals surface area contributed by atoms with Gasteiger partial charge in [0.25, 0.3) is 5.91 Å². The fraction of sp³-hybridized carbons (Fsp3) is 0.619. The molecule has 2 fully saturated rings. The summed E-state index contributed by atoms with van der Waals surface area (Å²) in [6.45, 7) is 5.46. The number of hydrogen-bond donors (Lipinski definition) is 1. The minimum Gasteiger partial charge on any atom is -0.478 e. The van der Waals surface area contributed by atoms with Crippen LogP contribution in [0.25, 0.3) is 0 Å². The number of ether oxygens (including phenoxy) is 1. The van der Waals surface area contributed by atoms with Crippen molar-refractivity contribution in [1.82, 2.24) is 4.90 Å². The van der Waals surface area contributed by atoms with Gasteiger partial charge in [0.15, 0.2) is 0 Å². The first-order valence-corrected chi connectivity index (χ1v) is 9.72. The second-order valence-corrected chi connectivity index (χ2v) is 7.90. The summed E-state index contributed by atoms with van der Waals surface area (Å²) >= 11 is 0. The van der Waals surface area contributed by atoms with E-state index in [1.807, 2.05) is 11.8 Å². The lowest BCUT2D eigenvalue weighted by Crippen LogP contribution is -2.42. The molecule has 1 aromatic carbocycles. The van der Waals surface area contributed by atoms with Gasteiger partial charge in [-0.2, -0.15) is 0 Å². The predicted molar refractivity (Wildman–Crippen MR) is 99.6 cm³/mol. The molecule has 0 spiro atoms. The molecule has 0 radical (unpaired) electrons. The lowest BCUT2D eigenvalue weighted by molar-refractivity contribution is -0.0570. The highest BCUT2D eigenvalue weighted by Gasteiger charge is 2.28. The van der Waals surface area contributed by atoms with Crippen molar-refractivity contribution in [3.8, 4) is 0 Å². The van der Waals surface area contributed by atoms with Gasteiger partial charge in [-0.3, -0.25) is 4.79 Å². The van der Waals surface area contributed by atoms with Gasteiger partial charge in [0, 0.05) is 18.7 Å². The molecule has 5 heteroatoms. The summed E-state index contributed by atoms with van der Waals surface area (Å²) in [6.07, 6.45) is 7.15. The predicted octanol–water partition coefficient (Wildman–Crippen LogP) is 3.89. The number of likely N-dealkylation sites (tertiary alicyclic amines) is 1. The van der Waals surface area contributed by atoms with Crippen molar-refractivity contribution in [1.29, 1.82) is 0 Å². The number of piperidine rings is 1. The van der Waals surface area contributed by atoms with Crippen molar-refractivity contribution in [2.45, 2.75) is 64.6 Å². The van der Waals surface area contributed by atoms with Crippen molar-refractivity contribution in [3.63, 3.8) is 0 Å².